The minimum absolute atomic E-state index is 0.0614. The lowest BCUT2D eigenvalue weighted by atomic mass is 10.3. The lowest BCUT2D eigenvalue weighted by Gasteiger charge is -2.09. The van der Waals surface area contributed by atoms with Crippen LogP contribution in [0.25, 0.3) is 0 Å². The molecule has 11 nitrogen and oxygen atoms in total. The number of nitro groups is 2. The van der Waals surface area contributed by atoms with Gasteiger partial charge in [0.05, 0.1) is 46.8 Å². The Morgan fingerprint density at radius 3 is 2.40 bits per heavy atom. The summed E-state index contributed by atoms with van der Waals surface area (Å²) in [4.78, 5) is 19.8. The summed E-state index contributed by atoms with van der Waals surface area (Å²) in [5, 5.41) is 32.8. The Labute approximate surface area is 158 Å². The van der Waals surface area contributed by atoms with Gasteiger partial charge in [0, 0.05) is 23.7 Å². The minimum atomic E-state index is -0.489. The molecule has 0 aromatic carbocycles. The van der Waals surface area contributed by atoms with Gasteiger partial charge in [0.25, 0.3) is 0 Å². The number of alkyl halides is 2. The lowest BCUT2D eigenvalue weighted by Crippen LogP contribution is -2.28. The van der Waals surface area contributed by atoms with E-state index in [0.717, 1.165) is 23.3 Å². The van der Waals surface area contributed by atoms with Gasteiger partial charge < -0.3 is 25.5 Å². The molecule has 3 rings (SSSR count). The number of hydrogen-bond acceptors (Lipinski definition) is 7. The van der Waals surface area contributed by atoms with Crippen LogP contribution in [-0.2, 0) is 25.0 Å². The molecule has 25 heavy (non-hydrogen) atoms. The van der Waals surface area contributed by atoms with Gasteiger partial charge in [-0.25, -0.2) is 0 Å². The Bertz CT molecular complexity index is 737. The van der Waals surface area contributed by atoms with E-state index in [1.807, 2.05) is 0 Å². The first kappa shape index (κ1) is 19.5. The van der Waals surface area contributed by atoms with E-state index < -0.39 is 9.85 Å². The largest absolute Gasteiger partial charge is 0.390 e. The molecule has 136 valence electrons. The molecule has 1 aliphatic rings. The standard InChI is InChI=1S/C6H7Br2N3O2.C6H8N4O2/c7-1-2-10-5(4-8)3-6(9-10)11(12)13;11-10(12)6-3-5-4-7-1-2-9(5)8-6/h3H,1-2,4H2;3,7H,1-2,4H2. The fraction of sp³-hybridized carbons (Fsp3) is 0.500. The highest BCUT2D eigenvalue weighted by Gasteiger charge is 2.19. The first-order chi connectivity index (χ1) is 12.0. The van der Waals surface area contributed by atoms with Gasteiger partial charge in [-0.3, -0.25) is 0 Å². The number of rotatable bonds is 5. The van der Waals surface area contributed by atoms with Gasteiger partial charge in [-0.1, -0.05) is 31.9 Å². The summed E-state index contributed by atoms with van der Waals surface area (Å²) in [7, 11) is 0. The first-order valence-corrected chi connectivity index (χ1v) is 9.45. The molecule has 1 aliphatic heterocycles. The van der Waals surface area contributed by atoms with Gasteiger partial charge >= 0.3 is 11.6 Å². The van der Waals surface area contributed by atoms with E-state index in [1.54, 1.807) is 9.36 Å². The van der Waals surface area contributed by atoms with E-state index in [2.05, 4.69) is 47.4 Å². The number of nitrogens with one attached hydrogen (secondary N) is 1. The molecule has 2 aromatic rings. The van der Waals surface area contributed by atoms with Crippen molar-refractivity contribution in [2.75, 3.05) is 11.9 Å². The number of hydrogen-bond donors (Lipinski definition) is 1. The first-order valence-electron chi connectivity index (χ1n) is 7.21. The Morgan fingerprint density at radius 1 is 1.16 bits per heavy atom. The predicted molar refractivity (Wildman–Crippen MR) is 95.9 cm³/mol. The van der Waals surface area contributed by atoms with Crippen molar-refractivity contribution in [1.82, 2.24) is 24.9 Å². The van der Waals surface area contributed by atoms with Crippen LogP contribution in [0.5, 0.6) is 0 Å². The Kier molecular flexibility index (Phi) is 7.01. The summed E-state index contributed by atoms with van der Waals surface area (Å²) in [6.45, 7) is 2.84. The van der Waals surface area contributed by atoms with Crippen molar-refractivity contribution in [3.05, 3.63) is 43.7 Å². The number of halogens is 2. The van der Waals surface area contributed by atoms with Crippen molar-refractivity contribution in [2.24, 2.45) is 0 Å². The van der Waals surface area contributed by atoms with E-state index in [-0.39, 0.29) is 11.6 Å². The quantitative estimate of drug-likeness (QED) is 0.392. The summed E-state index contributed by atoms with van der Waals surface area (Å²) < 4.78 is 3.29. The van der Waals surface area contributed by atoms with Crippen LogP contribution >= 0.6 is 31.9 Å². The highest BCUT2D eigenvalue weighted by Crippen LogP contribution is 2.15. The fourth-order valence-electron chi connectivity index (χ4n) is 2.18. The number of aryl methyl sites for hydroxylation is 1. The molecule has 0 radical (unpaired) electrons. The molecule has 0 spiro atoms. The van der Waals surface area contributed by atoms with Crippen LogP contribution < -0.4 is 5.32 Å². The molecule has 0 aliphatic carbocycles. The minimum Gasteiger partial charge on any atom is -0.358 e. The average molecular weight is 481 g/mol. The van der Waals surface area contributed by atoms with Crippen LogP contribution in [0.4, 0.5) is 11.6 Å². The zero-order chi connectivity index (χ0) is 18.4. The van der Waals surface area contributed by atoms with Gasteiger partial charge in [-0.2, -0.15) is 9.36 Å². The Balaban J connectivity index is 0.000000181. The number of nitrogens with zero attached hydrogens (tertiary/aromatic N) is 6. The highest BCUT2D eigenvalue weighted by molar-refractivity contribution is 9.09. The molecule has 0 fully saturated rings. The molecule has 13 heteroatoms. The van der Waals surface area contributed by atoms with E-state index in [4.69, 9.17) is 0 Å². The van der Waals surface area contributed by atoms with Crippen molar-refractivity contribution in [2.45, 2.75) is 25.0 Å². The SMILES string of the molecule is O=[N+]([O-])c1cc(CBr)n(CCBr)n1.O=[N+]([O-])c1cc2n(n1)CCNC2. The smallest absolute Gasteiger partial charge is 0.358 e. The molecule has 0 bridgehead atoms. The summed E-state index contributed by atoms with van der Waals surface area (Å²) in [6.07, 6.45) is 0. The molecule has 0 saturated carbocycles. The zero-order valence-corrected chi connectivity index (χ0v) is 16.1. The Hall–Kier alpha value is -1.86. The molecule has 1 N–H and O–H groups in total. The molecular formula is C12H15Br2N7O4. The molecule has 0 saturated heterocycles. The van der Waals surface area contributed by atoms with Crippen molar-refractivity contribution in [3.63, 3.8) is 0 Å². The summed E-state index contributed by atoms with van der Waals surface area (Å²) in [5.41, 5.74) is 1.69. The van der Waals surface area contributed by atoms with Gasteiger partial charge in [-0.15, -0.1) is 0 Å². The summed E-state index contributed by atoms with van der Waals surface area (Å²) >= 11 is 6.49. The van der Waals surface area contributed by atoms with Gasteiger partial charge in [0.15, 0.2) is 0 Å². The van der Waals surface area contributed by atoms with E-state index >= 15 is 0 Å². The van der Waals surface area contributed by atoms with Crippen LogP contribution in [0, 0.1) is 20.2 Å². The normalized spacial score (nSPS) is 12.9. The van der Waals surface area contributed by atoms with Crippen LogP contribution in [0.15, 0.2) is 12.1 Å². The van der Waals surface area contributed by atoms with Crippen LogP contribution in [0.3, 0.4) is 0 Å². The van der Waals surface area contributed by atoms with Crippen molar-refractivity contribution >= 4 is 43.5 Å². The number of aromatic nitrogens is 4. The van der Waals surface area contributed by atoms with Crippen molar-refractivity contribution < 1.29 is 9.85 Å². The number of fused-ring (bicyclic) bond motifs is 1. The third-order valence-corrected chi connectivity index (χ3v) is 4.24. The lowest BCUT2D eigenvalue weighted by molar-refractivity contribution is -0.390. The maximum Gasteiger partial charge on any atom is 0.390 e. The fourth-order valence-corrected chi connectivity index (χ4v) is 2.96. The van der Waals surface area contributed by atoms with Gasteiger partial charge in [-0.05, 0) is 9.85 Å². The second-order valence-electron chi connectivity index (χ2n) is 4.95. The molecular weight excluding hydrogens is 466 g/mol. The molecule has 0 unspecified atom stereocenters. The van der Waals surface area contributed by atoms with Crippen LogP contribution in [0.2, 0.25) is 0 Å². The average Bonchev–Trinajstić information content (AvgIpc) is 3.19. The van der Waals surface area contributed by atoms with Crippen molar-refractivity contribution in [1.29, 1.82) is 0 Å². The second kappa shape index (κ2) is 9.01. The van der Waals surface area contributed by atoms with E-state index in [1.165, 1.54) is 12.1 Å². The van der Waals surface area contributed by atoms with Gasteiger partial charge in [0.2, 0.25) is 0 Å². The molecule has 0 atom stereocenters. The third kappa shape index (κ3) is 5.06. The maximum absolute atomic E-state index is 10.4. The highest BCUT2D eigenvalue weighted by atomic mass is 79.9. The van der Waals surface area contributed by atoms with E-state index in [0.29, 0.717) is 25.0 Å². The maximum atomic E-state index is 10.4. The van der Waals surface area contributed by atoms with Crippen molar-refractivity contribution in [3.8, 4) is 0 Å². The third-order valence-electron chi connectivity index (χ3n) is 3.31. The molecule has 3 heterocycles. The van der Waals surface area contributed by atoms with Crippen LogP contribution in [0.1, 0.15) is 11.4 Å². The monoisotopic (exact) mass is 479 g/mol. The molecule has 2 aromatic heterocycles. The second-order valence-corrected chi connectivity index (χ2v) is 6.30. The molecule has 0 amide bonds. The zero-order valence-electron chi connectivity index (χ0n) is 13.0. The predicted octanol–water partition coefficient (Wildman–Crippen LogP) is 1.98. The van der Waals surface area contributed by atoms with E-state index in [9.17, 15) is 20.2 Å². The summed E-state index contributed by atoms with van der Waals surface area (Å²) in [6, 6.07) is 2.98. The Morgan fingerprint density at radius 2 is 1.84 bits per heavy atom. The topological polar surface area (TPSA) is 134 Å². The van der Waals surface area contributed by atoms with Crippen LogP contribution in [-0.4, -0.2) is 41.3 Å². The summed E-state index contributed by atoms with van der Waals surface area (Å²) in [5.74, 6) is -0.163. The van der Waals surface area contributed by atoms with Gasteiger partial charge in [0.1, 0.15) is 0 Å².